The summed E-state index contributed by atoms with van der Waals surface area (Å²) in [4.78, 5) is 30.9. The molecular weight excluding hydrogens is 457 g/mol. The zero-order chi connectivity index (χ0) is 25.4. The molecule has 0 aliphatic carbocycles. The molecule has 1 aromatic carbocycles. The normalized spacial score (nSPS) is 19.2. The molecule has 2 unspecified atom stereocenters. The second kappa shape index (κ2) is 9.47. The predicted octanol–water partition coefficient (Wildman–Crippen LogP) is 3.42. The second-order valence-corrected chi connectivity index (χ2v) is 9.21. The van der Waals surface area contributed by atoms with Crippen LogP contribution in [0.25, 0.3) is 11.0 Å². The van der Waals surface area contributed by atoms with Crippen molar-refractivity contribution in [3.63, 3.8) is 0 Å². The number of halogens is 1. The van der Waals surface area contributed by atoms with Crippen LogP contribution in [0, 0.1) is 17.1 Å². The fraction of sp³-hybridized carbons (Fsp3) is 0.296. The lowest BCUT2D eigenvalue weighted by atomic mass is 9.98. The van der Waals surface area contributed by atoms with E-state index in [2.05, 4.69) is 44.7 Å². The van der Waals surface area contributed by atoms with Gasteiger partial charge in [0.05, 0.1) is 17.2 Å². The lowest BCUT2D eigenvalue weighted by Crippen LogP contribution is -2.58. The summed E-state index contributed by atoms with van der Waals surface area (Å²) in [7, 11) is 1.71. The van der Waals surface area contributed by atoms with Crippen molar-refractivity contribution in [2.45, 2.75) is 32.0 Å². The van der Waals surface area contributed by atoms with Crippen LogP contribution in [0.15, 0.2) is 65.7 Å². The largest absolute Gasteiger partial charge is 0.364 e. The van der Waals surface area contributed by atoms with Crippen LogP contribution >= 0.6 is 0 Å². The molecular formula is C27H26FN7O. The molecule has 36 heavy (non-hydrogen) atoms. The van der Waals surface area contributed by atoms with Crippen LogP contribution in [0.4, 0.5) is 10.1 Å². The molecule has 8 nitrogen and oxygen atoms in total. The van der Waals surface area contributed by atoms with Crippen molar-refractivity contribution < 1.29 is 4.39 Å². The molecule has 0 amide bonds. The Balaban J connectivity index is 1.55. The number of aromatic nitrogens is 4. The number of fused-ring (bicyclic) bond motifs is 1. The molecule has 0 spiro atoms. The molecule has 1 aliphatic rings. The topological polar surface area (TPSA) is 90.9 Å². The fourth-order valence-electron chi connectivity index (χ4n) is 5.03. The van der Waals surface area contributed by atoms with E-state index < -0.39 is 0 Å². The molecule has 4 aromatic rings. The number of piperazine rings is 1. The van der Waals surface area contributed by atoms with E-state index >= 15 is 0 Å². The minimum absolute atomic E-state index is 0.00992. The van der Waals surface area contributed by atoms with Gasteiger partial charge in [-0.25, -0.2) is 19.3 Å². The Kier molecular flexibility index (Phi) is 6.20. The van der Waals surface area contributed by atoms with Crippen molar-refractivity contribution in [1.82, 2.24) is 24.4 Å². The molecule has 1 fully saturated rings. The van der Waals surface area contributed by atoms with E-state index in [0.717, 1.165) is 11.3 Å². The van der Waals surface area contributed by atoms with E-state index in [9.17, 15) is 14.4 Å². The molecule has 182 valence electrons. The Bertz CT molecular complexity index is 1500. The van der Waals surface area contributed by atoms with Gasteiger partial charge in [-0.3, -0.25) is 9.69 Å². The number of nitriles is 1. The number of hydrogen-bond acceptors (Lipinski definition) is 7. The molecule has 3 atom stereocenters. The Morgan fingerprint density at radius 1 is 1.06 bits per heavy atom. The van der Waals surface area contributed by atoms with Crippen molar-refractivity contribution >= 4 is 16.7 Å². The van der Waals surface area contributed by atoms with Gasteiger partial charge in [0.1, 0.15) is 28.9 Å². The van der Waals surface area contributed by atoms with Gasteiger partial charge in [0.15, 0.2) is 0 Å². The van der Waals surface area contributed by atoms with Crippen LogP contribution in [0.2, 0.25) is 0 Å². The van der Waals surface area contributed by atoms with Gasteiger partial charge in [0.2, 0.25) is 0 Å². The van der Waals surface area contributed by atoms with Gasteiger partial charge in [0.25, 0.3) is 5.56 Å². The van der Waals surface area contributed by atoms with Crippen LogP contribution in [-0.2, 0) is 7.05 Å². The van der Waals surface area contributed by atoms with E-state index in [1.54, 1.807) is 60.4 Å². The summed E-state index contributed by atoms with van der Waals surface area (Å²) in [5, 5.41) is 9.41. The quantitative estimate of drug-likeness (QED) is 0.439. The van der Waals surface area contributed by atoms with Gasteiger partial charge >= 0.3 is 0 Å². The number of benzene rings is 1. The highest BCUT2D eigenvalue weighted by atomic mass is 19.1. The average Bonchev–Trinajstić information content (AvgIpc) is 2.89. The van der Waals surface area contributed by atoms with Crippen LogP contribution in [-0.4, -0.2) is 49.6 Å². The highest BCUT2D eigenvalue weighted by Crippen LogP contribution is 2.34. The van der Waals surface area contributed by atoms with Crippen molar-refractivity contribution in [2.24, 2.45) is 7.05 Å². The van der Waals surface area contributed by atoms with E-state index in [-0.39, 0.29) is 29.5 Å². The zero-order valence-corrected chi connectivity index (χ0v) is 20.3. The van der Waals surface area contributed by atoms with E-state index in [1.807, 2.05) is 0 Å². The molecule has 0 N–H and O–H groups in total. The molecule has 0 saturated carbocycles. The van der Waals surface area contributed by atoms with Gasteiger partial charge in [-0.05, 0) is 49.7 Å². The number of pyridine rings is 2. The van der Waals surface area contributed by atoms with Gasteiger partial charge in [-0.15, -0.1) is 0 Å². The first-order valence-corrected chi connectivity index (χ1v) is 11.8. The fourth-order valence-corrected chi connectivity index (χ4v) is 5.03. The first kappa shape index (κ1) is 23.6. The minimum atomic E-state index is -0.292. The smallest absolute Gasteiger partial charge is 0.252 e. The summed E-state index contributed by atoms with van der Waals surface area (Å²) in [5.74, 6) is 0.357. The van der Waals surface area contributed by atoms with Gasteiger partial charge in [-0.2, -0.15) is 5.26 Å². The molecule has 0 bridgehead atoms. The molecule has 5 rings (SSSR count). The summed E-state index contributed by atoms with van der Waals surface area (Å²) < 4.78 is 15.3. The number of hydrogen-bond donors (Lipinski definition) is 0. The maximum Gasteiger partial charge on any atom is 0.252 e. The maximum absolute atomic E-state index is 13.7. The molecule has 1 aliphatic heterocycles. The Hall–Kier alpha value is -4.16. The van der Waals surface area contributed by atoms with Gasteiger partial charge in [-0.1, -0.05) is 12.1 Å². The zero-order valence-electron chi connectivity index (χ0n) is 20.3. The van der Waals surface area contributed by atoms with Crippen LogP contribution < -0.4 is 10.5 Å². The number of rotatable bonds is 4. The van der Waals surface area contributed by atoms with E-state index in [1.165, 1.54) is 12.1 Å². The number of nitrogens with zero attached hydrogens (tertiary/aromatic N) is 7. The second-order valence-electron chi connectivity index (χ2n) is 9.21. The van der Waals surface area contributed by atoms with Crippen molar-refractivity contribution in [2.75, 3.05) is 18.0 Å². The third-order valence-corrected chi connectivity index (χ3v) is 6.87. The van der Waals surface area contributed by atoms with Crippen molar-refractivity contribution in [3.8, 4) is 6.07 Å². The van der Waals surface area contributed by atoms with E-state index in [0.29, 0.717) is 35.6 Å². The van der Waals surface area contributed by atoms with Gasteiger partial charge in [0, 0.05) is 50.7 Å². The average molecular weight is 484 g/mol. The summed E-state index contributed by atoms with van der Waals surface area (Å²) in [6, 6.07) is 15.2. The minimum Gasteiger partial charge on any atom is -0.364 e. The third kappa shape index (κ3) is 4.20. The molecule has 4 heterocycles. The summed E-state index contributed by atoms with van der Waals surface area (Å²) in [6.07, 6.45) is 3.43. The predicted molar refractivity (Wildman–Crippen MR) is 135 cm³/mol. The molecule has 9 heteroatoms. The Morgan fingerprint density at radius 2 is 1.78 bits per heavy atom. The Labute approximate surface area is 208 Å². The van der Waals surface area contributed by atoms with E-state index in [4.69, 9.17) is 0 Å². The van der Waals surface area contributed by atoms with Crippen LogP contribution in [0.3, 0.4) is 0 Å². The first-order valence-electron chi connectivity index (χ1n) is 11.8. The summed E-state index contributed by atoms with van der Waals surface area (Å²) in [5.41, 5.74) is 3.12. The first-order chi connectivity index (χ1) is 17.4. The van der Waals surface area contributed by atoms with Crippen molar-refractivity contribution in [3.05, 3.63) is 94.2 Å². The number of anilines is 1. The third-order valence-electron chi connectivity index (χ3n) is 6.87. The monoisotopic (exact) mass is 483 g/mol. The maximum atomic E-state index is 13.7. The molecule has 0 radical (unpaired) electrons. The highest BCUT2D eigenvalue weighted by Gasteiger charge is 2.37. The summed E-state index contributed by atoms with van der Waals surface area (Å²) >= 11 is 0. The standard InChI is InChI=1S/C27H26FN7O/c1-17-16-35(26(27-30-11-4-12-31-27)19-5-7-20(28)8-6-19)18(2)15-34(17)23-13-24(36)33(3)22-10-9-21(14-29)32-25(22)23/h4-13,17-18,26H,15-16H2,1-3H3/t17-,18?,26?/m0/s1. The van der Waals surface area contributed by atoms with Crippen LogP contribution in [0.5, 0.6) is 0 Å². The lowest BCUT2D eigenvalue weighted by molar-refractivity contribution is 0.125. The molecule has 3 aromatic heterocycles. The van der Waals surface area contributed by atoms with Crippen LogP contribution in [0.1, 0.15) is 37.0 Å². The highest BCUT2D eigenvalue weighted by molar-refractivity contribution is 5.89. The van der Waals surface area contributed by atoms with Gasteiger partial charge < -0.3 is 9.47 Å². The number of aryl methyl sites for hydroxylation is 1. The Morgan fingerprint density at radius 3 is 2.47 bits per heavy atom. The lowest BCUT2D eigenvalue weighted by Gasteiger charge is -2.48. The molecule has 1 saturated heterocycles. The van der Waals surface area contributed by atoms with Crippen molar-refractivity contribution in [1.29, 1.82) is 5.26 Å². The SMILES string of the molecule is CC1CN(c2cc(=O)n(C)c3ccc(C#N)nc23)[C@@H](C)CN1C(c1ccc(F)cc1)c1ncccn1. The summed E-state index contributed by atoms with van der Waals surface area (Å²) in [6.45, 7) is 5.49.